The van der Waals surface area contributed by atoms with Crippen LogP contribution < -0.4 is 10.6 Å². The van der Waals surface area contributed by atoms with Gasteiger partial charge in [0.25, 0.3) is 0 Å². The van der Waals surface area contributed by atoms with E-state index in [1.165, 1.54) is 12.0 Å². The first-order valence-electron chi connectivity index (χ1n) is 8.74. The summed E-state index contributed by atoms with van der Waals surface area (Å²) in [4.78, 5) is 16.6. The zero-order chi connectivity index (χ0) is 16.6. The average molecular weight is 416 g/mol. The van der Waals surface area contributed by atoms with Crippen molar-refractivity contribution < 1.29 is 4.79 Å². The van der Waals surface area contributed by atoms with E-state index in [2.05, 4.69) is 45.3 Å². The van der Waals surface area contributed by atoms with Gasteiger partial charge in [-0.25, -0.2) is 4.98 Å². The molecule has 2 aromatic rings. The molecular weight excluding hydrogens is 389 g/mol. The van der Waals surface area contributed by atoms with E-state index < -0.39 is 0 Å². The molecule has 1 aromatic carbocycles. The van der Waals surface area contributed by atoms with Gasteiger partial charge < -0.3 is 10.6 Å². The summed E-state index contributed by atoms with van der Waals surface area (Å²) in [5.41, 5.74) is 2.31. The molecule has 4 nitrogen and oxygen atoms in total. The highest BCUT2D eigenvalue weighted by molar-refractivity contribution is 7.09. The molecule has 0 bridgehead atoms. The van der Waals surface area contributed by atoms with Crippen LogP contribution in [0.5, 0.6) is 0 Å². The molecule has 1 aliphatic rings. The molecule has 0 spiro atoms. The summed E-state index contributed by atoms with van der Waals surface area (Å²) in [6, 6.07) is 10.5. The van der Waals surface area contributed by atoms with Gasteiger partial charge in [-0.2, -0.15) is 0 Å². The van der Waals surface area contributed by atoms with Crippen molar-refractivity contribution in [1.82, 2.24) is 15.6 Å². The smallest absolute Gasteiger partial charge is 0.220 e. The molecule has 1 aromatic heterocycles. The number of rotatable bonds is 8. The van der Waals surface area contributed by atoms with Gasteiger partial charge in [0.05, 0.1) is 17.2 Å². The zero-order valence-electron chi connectivity index (χ0n) is 14.8. The van der Waals surface area contributed by atoms with E-state index in [0.717, 1.165) is 43.1 Å². The van der Waals surface area contributed by atoms with Crippen LogP contribution in [0.25, 0.3) is 0 Å². The summed E-state index contributed by atoms with van der Waals surface area (Å²) in [6.07, 6.45) is 4.77. The van der Waals surface area contributed by atoms with E-state index in [-0.39, 0.29) is 30.7 Å². The van der Waals surface area contributed by atoms with E-state index in [0.29, 0.717) is 18.9 Å². The van der Waals surface area contributed by atoms with E-state index in [9.17, 15) is 4.79 Å². The van der Waals surface area contributed by atoms with Gasteiger partial charge in [0.2, 0.25) is 5.91 Å². The van der Waals surface area contributed by atoms with Gasteiger partial charge in [0.1, 0.15) is 0 Å². The van der Waals surface area contributed by atoms with Crippen LogP contribution in [-0.2, 0) is 24.2 Å². The van der Waals surface area contributed by atoms with Crippen molar-refractivity contribution in [3.05, 3.63) is 52.0 Å². The molecule has 144 valence electrons. The van der Waals surface area contributed by atoms with Crippen molar-refractivity contribution in [2.24, 2.45) is 5.92 Å². The minimum atomic E-state index is 0. The Labute approximate surface area is 172 Å². The molecule has 3 rings (SSSR count). The Morgan fingerprint density at radius 2 is 2.04 bits per heavy atom. The van der Waals surface area contributed by atoms with Gasteiger partial charge in [-0.05, 0) is 43.8 Å². The predicted molar refractivity (Wildman–Crippen MR) is 113 cm³/mol. The SMILES string of the molecule is Cl.Cl.O=C(CCC1CCNC1)NCc1csc(CCc2ccccc2)n1. The number of aryl methyl sites for hydroxylation is 2. The fourth-order valence-corrected chi connectivity index (χ4v) is 3.81. The number of nitrogens with zero attached hydrogens (tertiary/aromatic N) is 1. The molecule has 2 N–H and O–H groups in total. The number of amides is 1. The molecule has 1 saturated heterocycles. The monoisotopic (exact) mass is 415 g/mol. The van der Waals surface area contributed by atoms with Crippen molar-refractivity contribution in [3.8, 4) is 0 Å². The third-order valence-electron chi connectivity index (χ3n) is 4.48. The number of aromatic nitrogens is 1. The number of nitrogens with one attached hydrogen (secondary N) is 2. The molecule has 1 fully saturated rings. The van der Waals surface area contributed by atoms with Crippen molar-refractivity contribution in [2.75, 3.05) is 13.1 Å². The predicted octanol–water partition coefficient (Wildman–Crippen LogP) is 3.78. The van der Waals surface area contributed by atoms with Crippen molar-refractivity contribution in [1.29, 1.82) is 0 Å². The van der Waals surface area contributed by atoms with Gasteiger partial charge in [-0.3, -0.25) is 4.79 Å². The second-order valence-corrected chi connectivity index (χ2v) is 7.34. The molecule has 1 atom stereocenters. The number of halogens is 2. The summed E-state index contributed by atoms with van der Waals surface area (Å²) in [5, 5.41) is 9.53. The minimum Gasteiger partial charge on any atom is -0.350 e. The van der Waals surface area contributed by atoms with Crippen LogP contribution in [0.2, 0.25) is 0 Å². The Morgan fingerprint density at radius 3 is 2.77 bits per heavy atom. The first-order valence-corrected chi connectivity index (χ1v) is 9.62. The Hall–Kier alpha value is -1.14. The van der Waals surface area contributed by atoms with Crippen molar-refractivity contribution >= 4 is 42.1 Å². The summed E-state index contributed by atoms with van der Waals surface area (Å²) in [5.74, 6) is 0.806. The van der Waals surface area contributed by atoms with Gasteiger partial charge >= 0.3 is 0 Å². The lowest BCUT2D eigenvalue weighted by Gasteiger charge is -2.07. The van der Waals surface area contributed by atoms with Gasteiger partial charge in [-0.15, -0.1) is 36.2 Å². The Balaban J connectivity index is 0.00000169. The molecule has 7 heteroatoms. The molecule has 0 radical (unpaired) electrons. The Morgan fingerprint density at radius 1 is 1.23 bits per heavy atom. The second kappa shape index (κ2) is 12.3. The fourth-order valence-electron chi connectivity index (χ4n) is 3.01. The number of thiazole rings is 1. The number of carbonyl (C=O) groups is 1. The highest BCUT2D eigenvalue weighted by atomic mass is 35.5. The summed E-state index contributed by atoms with van der Waals surface area (Å²) >= 11 is 1.68. The van der Waals surface area contributed by atoms with Gasteiger partial charge in [-0.1, -0.05) is 30.3 Å². The maximum atomic E-state index is 11.9. The van der Waals surface area contributed by atoms with Gasteiger partial charge in [0.15, 0.2) is 0 Å². The third kappa shape index (κ3) is 7.62. The molecule has 1 aliphatic heterocycles. The van der Waals surface area contributed by atoms with E-state index in [4.69, 9.17) is 0 Å². The number of hydrogen-bond donors (Lipinski definition) is 2. The number of carbonyl (C=O) groups excluding carboxylic acids is 1. The van der Waals surface area contributed by atoms with E-state index >= 15 is 0 Å². The lowest BCUT2D eigenvalue weighted by atomic mass is 10.0. The molecule has 1 amide bonds. The second-order valence-electron chi connectivity index (χ2n) is 6.39. The summed E-state index contributed by atoms with van der Waals surface area (Å²) in [7, 11) is 0. The minimum absolute atomic E-state index is 0. The first kappa shape index (κ1) is 22.9. The van der Waals surface area contributed by atoms with Crippen LogP contribution in [0.15, 0.2) is 35.7 Å². The molecular formula is C19H27Cl2N3OS. The maximum absolute atomic E-state index is 11.9. The average Bonchev–Trinajstić information content (AvgIpc) is 3.29. The summed E-state index contributed by atoms with van der Waals surface area (Å²) < 4.78 is 0. The van der Waals surface area contributed by atoms with Crippen molar-refractivity contribution in [3.63, 3.8) is 0 Å². The molecule has 0 saturated carbocycles. The number of benzene rings is 1. The maximum Gasteiger partial charge on any atom is 0.220 e. The van der Waals surface area contributed by atoms with Crippen LogP contribution in [0, 0.1) is 5.92 Å². The molecule has 2 heterocycles. The number of hydrogen-bond acceptors (Lipinski definition) is 4. The topological polar surface area (TPSA) is 54.0 Å². The Kier molecular flexibility index (Phi) is 10.8. The Bertz CT molecular complexity index is 645. The van der Waals surface area contributed by atoms with Crippen LogP contribution in [0.3, 0.4) is 0 Å². The van der Waals surface area contributed by atoms with E-state index in [1.54, 1.807) is 11.3 Å². The van der Waals surface area contributed by atoms with Crippen LogP contribution in [0.1, 0.15) is 35.5 Å². The normalized spacial score (nSPS) is 15.8. The lowest BCUT2D eigenvalue weighted by Crippen LogP contribution is -2.23. The van der Waals surface area contributed by atoms with Crippen LogP contribution >= 0.6 is 36.2 Å². The standard InChI is InChI=1S/C19H25N3OS.2ClH/c23-18(8-6-16-10-11-20-12-16)21-13-17-14-24-19(22-17)9-7-15-4-2-1-3-5-15;;/h1-5,14,16,20H,6-13H2,(H,21,23);2*1H. The molecule has 1 unspecified atom stereocenters. The fraction of sp³-hybridized carbons (Fsp3) is 0.474. The van der Waals surface area contributed by atoms with E-state index in [1.807, 2.05) is 6.07 Å². The van der Waals surface area contributed by atoms with Crippen LogP contribution in [-0.4, -0.2) is 24.0 Å². The van der Waals surface area contributed by atoms with Crippen molar-refractivity contribution in [2.45, 2.75) is 38.6 Å². The summed E-state index contributed by atoms with van der Waals surface area (Å²) in [6.45, 7) is 2.70. The first-order chi connectivity index (χ1) is 11.8. The van der Waals surface area contributed by atoms with Gasteiger partial charge in [0, 0.05) is 18.2 Å². The quantitative estimate of drug-likeness (QED) is 0.689. The largest absolute Gasteiger partial charge is 0.350 e. The highest BCUT2D eigenvalue weighted by Crippen LogP contribution is 2.15. The molecule has 0 aliphatic carbocycles. The lowest BCUT2D eigenvalue weighted by molar-refractivity contribution is -0.121. The zero-order valence-corrected chi connectivity index (χ0v) is 17.2. The van der Waals surface area contributed by atoms with Crippen LogP contribution in [0.4, 0.5) is 0 Å². The highest BCUT2D eigenvalue weighted by Gasteiger charge is 2.15. The third-order valence-corrected chi connectivity index (χ3v) is 5.44. The molecule has 26 heavy (non-hydrogen) atoms.